The number of thiophene rings is 1. The Bertz CT molecular complexity index is 1320. The molecule has 0 unspecified atom stereocenters. The topological polar surface area (TPSA) is 106 Å². The third-order valence-corrected chi connectivity index (χ3v) is 7.72. The van der Waals surface area contributed by atoms with Crippen LogP contribution in [0.3, 0.4) is 0 Å². The van der Waals surface area contributed by atoms with Crippen LogP contribution >= 0.6 is 11.3 Å². The van der Waals surface area contributed by atoms with Crippen molar-refractivity contribution in [1.29, 1.82) is 0 Å². The van der Waals surface area contributed by atoms with Gasteiger partial charge < -0.3 is 24.8 Å². The second kappa shape index (κ2) is 13.5. The second-order valence-electron chi connectivity index (χ2n) is 9.56. The summed E-state index contributed by atoms with van der Waals surface area (Å²) in [6.45, 7) is 4.47. The van der Waals surface area contributed by atoms with Gasteiger partial charge in [-0.2, -0.15) is 0 Å². The second-order valence-corrected chi connectivity index (χ2v) is 10.5. The van der Waals surface area contributed by atoms with Gasteiger partial charge in [0.15, 0.2) is 11.5 Å². The van der Waals surface area contributed by atoms with E-state index in [2.05, 4.69) is 10.6 Å². The van der Waals surface area contributed by atoms with Crippen LogP contribution in [0.2, 0.25) is 0 Å². The first-order chi connectivity index (χ1) is 19.3. The first kappa shape index (κ1) is 29.1. The van der Waals surface area contributed by atoms with Crippen molar-refractivity contribution in [2.75, 3.05) is 38.8 Å². The summed E-state index contributed by atoms with van der Waals surface area (Å²) >= 11 is 1.29. The highest BCUT2D eigenvalue weighted by atomic mass is 32.1. The molecule has 2 heterocycles. The number of benzene rings is 2. The van der Waals surface area contributed by atoms with E-state index in [1.807, 2.05) is 32.0 Å². The van der Waals surface area contributed by atoms with Gasteiger partial charge in [0, 0.05) is 13.2 Å². The van der Waals surface area contributed by atoms with E-state index in [0.29, 0.717) is 40.8 Å². The first-order valence-corrected chi connectivity index (χ1v) is 14.0. The molecule has 4 rings (SSSR count). The van der Waals surface area contributed by atoms with Gasteiger partial charge in [-0.3, -0.25) is 19.3 Å². The number of hydrogen-bond acceptors (Lipinski definition) is 7. The van der Waals surface area contributed by atoms with Gasteiger partial charge in [-0.1, -0.05) is 30.3 Å². The number of nitrogens with one attached hydrogen (secondary N) is 2. The maximum atomic E-state index is 14.0. The summed E-state index contributed by atoms with van der Waals surface area (Å²) in [6.07, 6.45) is 1.72. The number of anilines is 1. The first-order valence-electron chi connectivity index (χ1n) is 13.1. The Balaban J connectivity index is 1.76. The van der Waals surface area contributed by atoms with Crippen molar-refractivity contribution in [1.82, 2.24) is 10.6 Å². The van der Waals surface area contributed by atoms with Crippen LogP contribution in [0.1, 0.15) is 45.2 Å². The van der Waals surface area contributed by atoms with Crippen molar-refractivity contribution in [3.05, 3.63) is 75.5 Å². The molecule has 40 heavy (non-hydrogen) atoms. The molecule has 2 atom stereocenters. The number of methoxy groups -OCH3 is 2. The number of hydrogen-bond donors (Lipinski definition) is 2. The Kier molecular flexibility index (Phi) is 9.79. The lowest BCUT2D eigenvalue weighted by Crippen LogP contribution is -2.49. The summed E-state index contributed by atoms with van der Waals surface area (Å²) in [5.74, 6) is -0.234. The number of nitrogens with zero attached hydrogens (tertiary/aromatic N) is 1. The summed E-state index contributed by atoms with van der Waals surface area (Å²) in [7, 11) is 3.05. The van der Waals surface area contributed by atoms with Crippen LogP contribution in [-0.4, -0.2) is 57.7 Å². The molecule has 1 saturated heterocycles. The quantitative estimate of drug-likeness (QED) is 0.361. The molecule has 2 N–H and O–H groups in total. The Morgan fingerprint density at radius 1 is 1.02 bits per heavy atom. The van der Waals surface area contributed by atoms with Crippen molar-refractivity contribution >= 4 is 34.7 Å². The van der Waals surface area contributed by atoms with Crippen LogP contribution in [0, 0.1) is 13.8 Å². The van der Waals surface area contributed by atoms with Crippen LogP contribution in [-0.2, 0) is 14.3 Å². The molecule has 0 radical (unpaired) electrons. The average molecular weight is 566 g/mol. The summed E-state index contributed by atoms with van der Waals surface area (Å²) in [6, 6.07) is 13.2. The Morgan fingerprint density at radius 2 is 1.77 bits per heavy atom. The molecule has 0 saturated carbocycles. The molecule has 2 aromatic carbocycles. The lowest BCUT2D eigenvalue weighted by Gasteiger charge is -2.34. The number of amides is 3. The fraction of sp³-hybridized carbons (Fsp3) is 0.367. The highest BCUT2D eigenvalue weighted by Crippen LogP contribution is 2.37. The molecular formula is C30H35N3O6S. The normalized spacial score (nSPS) is 15.2. The number of rotatable bonds is 11. The molecule has 1 aliphatic heterocycles. The van der Waals surface area contributed by atoms with Gasteiger partial charge in [0.1, 0.15) is 6.04 Å². The standard InChI is InChI=1S/C30H35N3O6S/c1-19-8-5-9-20(2)27(19)33(26(34)18-32-29(35)25-11-7-15-40-25)28(30(36)31-17-22-10-6-14-39-22)21-12-13-23(37-3)24(16-21)38-4/h5,7-9,11-13,15-16,22,28H,6,10,14,17-18H2,1-4H3,(H,31,36)(H,32,35)/t22-,28-/m1/s1. The molecule has 10 heteroatoms. The maximum Gasteiger partial charge on any atom is 0.261 e. The zero-order valence-electron chi connectivity index (χ0n) is 23.2. The predicted octanol–water partition coefficient (Wildman–Crippen LogP) is 4.18. The van der Waals surface area contributed by atoms with Crippen molar-refractivity contribution < 1.29 is 28.6 Å². The molecule has 0 aliphatic carbocycles. The number of carbonyl (C=O) groups is 3. The van der Waals surface area contributed by atoms with E-state index in [0.717, 1.165) is 24.0 Å². The number of para-hydroxylation sites is 1. The van der Waals surface area contributed by atoms with Crippen molar-refractivity contribution in [3.8, 4) is 11.5 Å². The maximum absolute atomic E-state index is 14.0. The molecular weight excluding hydrogens is 530 g/mol. The fourth-order valence-corrected chi connectivity index (χ4v) is 5.52. The largest absolute Gasteiger partial charge is 0.493 e. The van der Waals surface area contributed by atoms with Gasteiger partial charge in [0.2, 0.25) is 11.8 Å². The van der Waals surface area contributed by atoms with E-state index in [1.54, 1.807) is 35.7 Å². The van der Waals surface area contributed by atoms with E-state index < -0.39 is 11.9 Å². The van der Waals surface area contributed by atoms with E-state index in [1.165, 1.54) is 30.5 Å². The third kappa shape index (κ3) is 6.63. The third-order valence-electron chi connectivity index (χ3n) is 6.85. The van der Waals surface area contributed by atoms with Crippen molar-refractivity contribution in [2.45, 2.75) is 38.8 Å². The SMILES string of the molecule is COc1ccc([C@H](C(=O)NC[C@H]2CCCO2)N(C(=O)CNC(=O)c2cccs2)c2c(C)cccc2C)cc1OC. The van der Waals surface area contributed by atoms with Crippen LogP contribution in [0.15, 0.2) is 53.9 Å². The Labute approximate surface area is 238 Å². The molecule has 1 aliphatic rings. The average Bonchev–Trinajstić information content (AvgIpc) is 3.69. The van der Waals surface area contributed by atoms with E-state index >= 15 is 0 Å². The van der Waals surface area contributed by atoms with Gasteiger partial charge in [0.05, 0.1) is 37.4 Å². The number of ether oxygens (including phenoxy) is 3. The molecule has 9 nitrogen and oxygen atoms in total. The van der Waals surface area contributed by atoms with Gasteiger partial charge in [0.25, 0.3) is 5.91 Å². The Morgan fingerprint density at radius 3 is 2.40 bits per heavy atom. The Hall–Kier alpha value is -3.89. The molecule has 3 aromatic rings. The van der Waals surface area contributed by atoms with Crippen LogP contribution in [0.4, 0.5) is 5.69 Å². The molecule has 0 spiro atoms. The highest BCUT2D eigenvalue weighted by molar-refractivity contribution is 7.12. The smallest absolute Gasteiger partial charge is 0.261 e. The van der Waals surface area contributed by atoms with E-state index in [-0.39, 0.29) is 24.5 Å². The lowest BCUT2D eigenvalue weighted by molar-refractivity contribution is -0.126. The number of aryl methyl sites for hydroxylation is 2. The van der Waals surface area contributed by atoms with Gasteiger partial charge in [-0.25, -0.2) is 0 Å². The van der Waals surface area contributed by atoms with Gasteiger partial charge >= 0.3 is 0 Å². The van der Waals surface area contributed by atoms with Gasteiger partial charge in [-0.05, 0) is 67.0 Å². The van der Waals surface area contributed by atoms with Crippen molar-refractivity contribution in [2.24, 2.45) is 0 Å². The van der Waals surface area contributed by atoms with E-state index in [4.69, 9.17) is 14.2 Å². The van der Waals surface area contributed by atoms with Gasteiger partial charge in [-0.15, -0.1) is 11.3 Å². The summed E-state index contributed by atoms with van der Waals surface area (Å²) < 4.78 is 16.6. The molecule has 1 aromatic heterocycles. The molecule has 3 amide bonds. The van der Waals surface area contributed by atoms with E-state index in [9.17, 15) is 14.4 Å². The molecule has 1 fully saturated rings. The predicted molar refractivity (Wildman–Crippen MR) is 154 cm³/mol. The van der Waals surface area contributed by atoms with Crippen LogP contribution in [0.5, 0.6) is 11.5 Å². The summed E-state index contributed by atoms with van der Waals surface area (Å²) in [5.41, 5.74) is 2.76. The summed E-state index contributed by atoms with van der Waals surface area (Å²) in [4.78, 5) is 42.7. The monoisotopic (exact) mass is 565 g/mol. The molecule has 212 valence electrons. The highest BCUT2D eigenvalue weighted by Gasteiger charge is 2.35. The zero-order chi connectivity index (χ0) is 28.6. The zero-order valence-corrected chi connectivity index (χ0v) is 24.0. The van der Waals surface area contributed by atoms with Crippen LogP contribution < -0.4 is 25.0 Å². The minimum absolute atomic E-state index is 0.0792. The van der Waals surface area contributed by atoms with Crippen LogP contribution in [0.25, 0.3) is 0 Å². The minimum atomic E-state index is -1.06. The molecule has 0 bridgehead atoms. The summed E-state index contributed by atoms with van der Waals surface area (Å²) in [5, 5.41) is 7.52. The number of carbonyl (C=O) groups excluding carboxylic acids is 3. The lowest BCUT2D eigenvalue weighted by atomic mass is 9.99. The van der Waals surface area contributed by atoms with Crippen molar-refractivity contribution in [3.63, 3.8) is 0 Å². The fourth-order valence-electron chi connectivity index (χ4n) is 4.88. The minimum Gasteiger partial charge on any atom is -0.493 e.